The molecular weight excluding hydrogens is 266 g/mol. The number of esters is 1. The lowest BCUT2D eigenvalue weighted by Gasteiger charge is -2.10. The van der Waals surface area contributed by atoms with Crippen LogP contribution >= 0.6 is 0 Å². The van der Waals surface area contributed by atoms with Crippen molar-refractivity contribution in [2.75, 3.05) is 33.1 Å². The summed E-state index contributed by atoms with van der Waals surface area (Å²) in [5, 5.41) is 13.5. The molecular formula is C12H15N3O5. The molecule has 0 aliphatic rings. The lowest BCUT2D eigenvalue weighted by molar-refractivity contribution is -0.384. The molecule has 108 valence electrons. The maximum absolute atomic E-state index is 11.7. The van der Waals surface area contributed by atoms with Crippen molar-refractivity contribution in [1.82, 2.24) is 4.90 Å². The van der Waals surface area contributed by atoms with Gasteiger partial charge in [0.2, 0.25) is 0 Å². The molecule has 0 saturated carbocycles. The van der Waals surface area contributed by atoms with Gasteiger partial charge in [-0.25, -0.2) is 4.79 Å². The van der Waals surface area contributed by atoms with Crippen LogP contribution < -0.4 is 5.32 Å². The molecule has 1 N–H and O–H groups in total. The van der Waals surface area contributed by atoms with Gasteiger partial charge in [-0.3, -0.25) is 14.9 Å². The van der Waals surface area contributed by atoms with Gasteiger partial charge in [-0.2, -0.15) is 0 Å². The predicted molar refractivity (Wildman–Crippen MR) is 71.6 cm³/mol. The second-order valence-corrected chi connectivity index (χ2v) is 4.10. The second kappa shape index (κ2) is 6.50. The molecule has 1 amide bonds. The number of amides is 1. The molecule has 1 aromatic carbocycles. The number of nitrogens with zero attached hydrogens (tertiary/aromatic N) is 2. The summed E-state index contributed by atoms with van der Waals surface area (Å²) in [5.41, 5.74) is 0.0686. The zero-order chi connectivity index (χ0) is 15.3. The molecule has 0 aliphatic heterocycles. The van der Waals surface area contributed by atoms with Crippen LogP contribution in [-0.4, -0.2) is 49.4 Å². The van der Waals surface area contributed by atoms with E-state index in [0.717, 1.165) is 6.07 Å². The number of likely N-dealkylation sites (N-methyl/N-ethyl adjacent to an activating group) is 1. The van der Waals surface area contributed by atoms with Crippen LogP contribution in [-0.2, 0) is 9.53 Å². The summed E-state index contributed by atoms with van der Waals surface area (Å²) in [5.74, 6) is -1.16. The van der Waals surface area contributed by atoms with Crippen LogP contribution in [0.15, 0.2) is 18.2 Å². The van der Waals surface area contributed by atoms with Crippen molar-refractivity contribution in [2.24, 2.45) is 0 Å². The van der Waals surface area contributed by atoms with Crippen LogP contribution in [0.3, 0.4) is 0 Å². The van der Waals surface area contributed by atoms with E-state index >= 15 is 0 Å². The van der Waals surface area contributed by atoms with Gasteiger partial charge in [-0.1, -0.05) is 0 Å². The quantitative estimate of drug-likeness (QED) is 0.488. The van der Waals surface area contributed by atoms with Gasteiger partial charge < -0.3 is 15.0 Å². The van der Waals surface area contributed by atoms with Gasteiger partial charge >= 0.3 is 5.97 Å². The highest BCUT2D eigenvalue weighted by Gasteiger charge is 2.18. The zero-order valence-electron chi connectivity index (χ0n) is 11.4. The van der Waals surface area contributed by atoms with E-state index in [9.17, 15) is 19.7 Å². The Morgan fingerprint density at radius 2 is 2.05 bits per heavy atom. The van der Waals surface area contributed by atoms with E-state index in [1.807, 2.05) is 0 Å². The van der Waals surface area contributed by atoms with Crippen molar-refractivity contribution < 1.29 is 19.2 Å². The summed E-state index contributed by atoms with van der Waals surface area (Å²) in [6, 6.07) is 3.90. The fraction of sp³-hybridized carbons (Fsp3) is 0.333. The number of hydrogen-bond acceptors (Lipinski definition) is 6. The minimum atomic E-state index is -0.786. The van der Waals surface area contributed by atoms with Crippen molar-refractivity contribution in [3.63, 3.8) is 0 Å². The monoisotopic (exact) mass is 281 g/mol. The molecule has 8 nitrogen and oxygen atoms in total. The Bertz CT molecular complexity index is 542. The van der Waals surface area contributed by atoms with Crippen LogP contribution in [0.25, 0.3) is 0 Å². The number of nitro groups is 1. The Balaban J connectivity index is 2.86. The van der Waals surface area contributed by atoms with Crippen molar-refractivity contribution in [2.45, 2.75) is 0 Å². The molecule has 0 radical (unpaired) electrons. The van der Waals surface area contributed by atoms with E-state index < -0.39 is 17.5 Å². The summed E-state index contributed by atoms with van der Waals surface area (Å²) in [4.78, 5) is 34.5. The fourth-order valence-corrected chi connectivity index (χ4v) is 1.36. The fourth-order valence-electron chi connectivity index (χ4n) is 1.36. The Morgan fingerprint density at radius 3 is 2.55 bits per heavy atom. The third kappa shape index (κ3) is 3.67. The molecule has 8 heteroatoms. The summed E-state index contributed by atoms with van der Waals surface area (Å²) in [7, 11) is 4.60. The van der Waals surface area contributed by atoms with E-state index in [2.05, 4.69) is 5.32 Å². The largest absolute Gasteiger partial charge is 0.452 e. The van der Waals surface area contributed by atoms with Gasteiger partial charge in [0.25, 0.3) is 11.6 Å². The van der Waals surface area contributed by atoms with Crippen LogP contribution in [0.5, 0.6) is 0 Å². The second-order valence-electron chi connectivity index (χ2n) is 4.10. The van der Waals surface area contributed by atoms with Gasteiger partial charge in [-0.05, 0) is 12.1 Å². The minimum Gasteiger partial charge on any atom is -0.452 e. The maximum atomic E-state index is 11.7. The number of rotatable bonds is 5. The van der Waals surface area contributed by atoms with E-state index in [0.29, 0.717) is 0 Å². The Labute approximate surface area is 115 Å². The maximum Gasteiger partial charge on any atom is 0.338 e. The normalized spacial score (nSPS) is 9.75. The van der Waals surface area contributed by atoms with Gasteiger partial charge in [-0.15, -0.1) is 0 Å². The predicted octanol–water partition coefficient (Wildman–Crippen LogP) is 0.881. The molecule has 20 heavy (non-hydrogen) atoms. The number of ether oxygens (including phenoxy) is 1. The van der Waals surface area contributed by atoms with Gasteiger partial charge in [0, 0.05) is 27.2 Å². The minimum absolute atomic E-state index is 0.0160. The molecule has 0 fully saturated rings. The van der Waals surface area contributed by atoms with Crippen molar-refractivity contribution in [3.05, 3.63) is 33.9 Å². The van der Waals surface area contributed by atoms with E-state index in [-0.39, 0.29) is 22.8 Å². The number of carbonyl (C=O) groups is 2. The number of carbonyl (C=O) groups excluding carboxylic acids is 2. The van der Waals surface area contributed by atoms with Crippen molar-refractivity contribution >= 4 is 23.3 Å². The molecule has 0 unspecified atom stereocenters. The first kappa shape index (κ1) is 15.4. The molecule has 0 saturated heterocycles. The van der Waals surface area contributed by atoms with E-state index in [1.54, 1.807) is 0 Å². The third-order valence-corrected chi connectivity index (χ3v) is 2.53. The average molecular weight is 281 g/mol. The van der Waals surface area contributed by atoms with E-state index in [1.165, 1.54) is 38.2 Å². The number of hydrogen-bond donors (Lipinski definition) is 1. The zero-order valence-corrected chi connectivity index (χ0v) is 11.4. The first-order chi connectivity index (χ1) is 9.36. The lowest BCUT2D eigenvalue weighted by Crippen LogP contribution is -2.27. The first-order valence-electron chi connectivity index (χ1n) is 5.70. The molecule has 0 aromatic heterocycles. The Hall–Kier alpha value is -2.64. The van der Waals surface area contributed by atoms with Gasteiger partial charge in [0.1, 0.15) is 5.69 Å². The average Bonchev–Trinajstić information content (AvgIpc) is 2.43. The standard InChI is InChI=1S/C12H15N3O5/c1-13-9-5-4-8(6-10(9)15(18)19)12(17)20-7-11(16)14(2)3/h4-6,13H,7H2,1-3H3. The smallest absolute Gasteiger partial charge is 0.338 e. The summed E-state index contributed by atoms with van der Waals surface area (Å²) < 4.78 is 4.79. The molecule has 0 atom stereocenters. The Morgan fingerprint density at radius 1 is 1.40 bits per heavy atom. The highest BCUT2D eigenvalue weighted by Crippen LogP contribution is 2.25. The lowest BCUT2D eigenvalue weighted by atomic mass is 10.1. The highest BCUT2D eigenvalue weighted by atomic mass is 16.6. The molecule has 0 aliphatic carbocycles. The highest BCUT2D eigenvalue weighted by molar-refractivity contribution is 5.92. The van der Waals surface area contributed by atoms with E-state index in [4.69, 9.17) is 4.74 Å². The number of benzene rings is 1. The number of anilines is 1. The molecule has 0 spiro atoms. The molecule has 1 rings (SSSR count). The molecule has 0 heterocycles. The summed E-state index contributed by atoms with van der Waals surface area (Å²) in [6.45, 7) is -0.409. The van der Waals surface area contributed by atoms with Crippen molar-refractivity contribution in [3.8, 4) is 0 Å². The van der Waals surface area contributed by atoms with Crippen LogP contribution in [0.4, 0.5) is 11.4 Å². The number of nitrogens with one attached hydrogen (secondary N) is 1. The topological polar surface area (TPSA) is 102 Å². The van der Waals surface area contributed by atoms with Crippen LogP contribution in [0, 0.1) is 10.1 Å². The first-order valence-corrected chi connectivity index (χ1v) is 5.70. The van der Waals surface area contributed by atoms with Crippen LogP contribution in [0.1, 0.15) is 10.4 Å². The van der Waals surface area contributed by atoms with Crippen LogP contribution in [0.2, 0.25) is 0 Å². The molecule has 0 bridgehead atoms. The van der Waals surface area contributed by atoms with Gasteiger partial charge in [0.05, 0.1) is 10.5 Å². The SMILES string of the molecule is CNc1ccc(C(=O)OCC(=O)N(C)C)cc1[N+](=O)[O-]. The summed E-state index contributed by atoms with van der Waals surface area (Å²) >= 11 is 0. The summed E-state index contributed by atoms with van der Waals surface area (Å²) in [6.07, 6.45) is 0. The van der Waals surface area contributed by atoms with Crippen molar-refractivity contribution in [1.29, 1.82) is 0 Å². The third-order valence-electron chi connectivity index (χ3n) is 2.53. The number of nitro benzene ring substituents is 1. The van der Waals surface area contributed by atoms with Gasteiger partial charge in [0.15, 0.2) is 6.61 Å². The molecule has 1 aromatic rings. The Kier molecular flexibility index (Phi) is 5.01.